The van der Waals surface area contributed by atoms with Crippen LogP contribution in [-0.2, 0) is 0 Å². The molecule has 0 fully saturated rings. The summed E-state index contributed by atoms with van der Waals surface area (Å²) in [5.74, 6) is 0. The Labute approximate surface area is 71.1 Å². The lowest BCUT2D eigenvalue weighted by Crippen LogP contribution is -2.08. The standard InChI is InChI=1S/C6H6F5NS/c7-13(8,9,10,11)6-4-2-1-3-5(6)12/h1-4H,12H2. The molecule has 0 atom stereocenters. The molecule has 13 heavy (non-hydrogen) atoms. The van der Waals surface area contributed by atoms with E-state index in [0.717, 1.165) is 18.2 Å². The normalized spacial score (nSPS) is 17.6. The molecule has 0 bridgehead atoms. The van der Waals surface area contributed by atoms with E-state index in [4.69, 9.17) is 5.73 Å². The Morgan fingerprint density at radius 1 is 0.923 bits per heavy atom. The smallest absolute Gasteiger partial charge is 0.312 e. The molecule has 0 spiro atoms. The second-order valence-electron chi connectivity index (χ2n) is 2.51. The lowest BCUT2D eigenvalue weighted by atomic mass is 10.3. The van der Waals surface area contributed by atoms with Gasteiger partial charge in [0, 0.05) is 0 Å². The van der Waals surface area contributed by atoms with Crippen LogP contribution in [0, 0.1) is 0 Å². The third-order valence-electron chi connectivity index (χ3n) is 1.33. The quantitative estimate of drug-likeness (QED) is 0.562. The van der Waals surface area contributed by atoms with Gasteiger partial charge in [0.25, 0.3) is 0 Å². The fourth-order valence-corrected chi connectivity index (χ4v) is 1.68. The van der Waals surface area contributed by atoms with Crippen molar-refractivity contribution in [3.05, 3.63) is 24.3 Å². The first-order valence-electron chi connectivity index (χ1n) is 3.09. The Balaban J connectivity index is 3.50. The maximum absolute atomic E-state index is 12.1. The van der Waals surface area contributed by atoms with Crippen LogP contribution in [0.15, 0.2) is 29.2 Å². The van der Waals surface area contributed by atoms with Crippen molar-refractivity contribution < 1.29 is 19.4 Å². The first-order valence-corrected chi connectivity index (χ1v) is 5.04. The van der Waals surface area contributed by atoms with E-state index in [1.54, 1.807) is 0 Å². The third-order valence-corrected chi connectivity index (χ3v) is 2.54. The van der Waals surface area contributed by atoms with Gasteiger partial charge in [0.05, 0.1) is 5.69 Å². The van der Waals surface area contributed by atoms with Crippen molar-refractivity contribution in [3.63, 3.8) is 0 Å². The van der Waals surface area contributed by atoms with E-state index in [1.165, 1.54) is 0 Å². The molecular weight excluding hydrogens is 213 g/mol. The Bertz CT molecular complexity index is 342. The Hall–Kier alpha value is -0.980. The zero-order valence-electron chi connectivity index (χ0n) is 6.18. The number of para-hydroxylation sites is 1. The molecule has 1 rings (SSSR count). The Kier molecular flexibility index (Phi) is 1.49. The summed E-state index contributed by atoms with van der Waals surface area (Å²) in [6, 6.07) is 3.08. The number of anilines is 1. The van der Waals surface area contributed by atoms with Gasteiger partial charge < -0.3 is 5.73 Å². The predicted molar refractivity (Wildman–Crippen MR) is 42.3 cm³/mol. The summed E-state index contributed by atoms with van der Waals surface area (Å²) in [6.45, 7) is 0. The molecule has 0 heterocycles. The molecule has 1 nitrogen and oxygen atoms in total. The summed E-state index contributed by atoms with van der Waals surface area (Å²) in [7, 11) is -9.60. The van der Waals surface area contributed by atoms with Gasteiger partial charge in [-0.25, -0.2) is 0 Å². The van der Waals surface area contributed by atoms with Crippen LogP contribution in [0.5, 0.6) is 0 Å². The van der Waals surface area contributed by atoms with E-state index in [9.17, 15) is 19.4 Å². The summed E-state index contributed by atoms with van der Waals surface area (Å²) >= 11 is 0. The van der Waals surface area contributed by atoms with E-state index in [-0.39, 0.29) is 6.07 Å². The molecule has 0 aromatic heterocycles. The number of hydrogen-bond acceptors (Lipinski definition) is 1. The zero-order chi connectivity index (χ0) is 10.4. The van der Waals surface area contributed by atoms with Crippen LogP contribution in [0.25, 0.3) is 0 Å². The van der Waals surface area contributed by atoms with Crippen molar-refractivity contribution in [3.8, 4) is 0 Å². The van der Waals surface area contributed by atoms with Gasteiger partial charge in [-0.1, -0.05) is 31.6 Å². The first-order chi connectivity index (χ1) is 5.50. The van der Waals surface area contributed by atoms with Gasteiger partial charge in [0.15, 0.2) is 0 Å². The van der Waals surface area contributed by atoms with Gasteiger partial charge in [-0.15, -0.1) is 0 Å². The van der Waals surface area contributed by atoms with Crippen LogP contribution in [0.1, 0.15) is 0 Å². The van der Waals surface area contributed by atoms with Crippen LogP contribution in [0.4, 0.5) is 25.1 Å². The lowest BCUT2D eigenvalue weighted by Gasteiger charge is -2.41. The maximum Gasteiger partial charge on any atom is 0.312 e. The van der Waals surface area contributed by atoms with E-state index in [0.29, 0.717) is 0 Å². The Morgan fingerprint density at radius 2 is 1.38 bits per heavy atom. The minimum Gasteiger partial charge on any atom is -0.398 e. The zero-order valence-corrected chi connectivity index (χ0v) is 7.00. The minimum atomic E-state index is -9.60. The number of nitrogens with two attached hydrogens (primary N) is 1. The monoisotopic (exact) mass is 219 g/mol. The van der Waals surface area contributed by atoms with Gasteiger partial charge >= 0.3 is 10.2 Å². The fraction of sp³-hybridized carbons (Fsp3) is 0. The van der Waals surface area contributed by atoms with Crippen LogP contribution >= 0.6 is 10.2 Å². The van der Waals surface area contributed by atoms with Gasteiger partial charge in [0.1, 0.15) is 4.90 Å². The second kappa shape index (κ2) is 1.92. The van der Waals surface area contributed by atoms with Crippen LogP contribution < -0.4 is 5.73 Å². The van der Waals surface area contributed by atoms with Gasteiger partial charge in [-0.05, 0) is 12.1 Å². The molecule has 7 heteroatoms. The molecule has 0 unspecified atom stereocenters. The van der Waals surface area contributed by atoms with Crippen molar-refractivity contribution in [1.29, 1.82) is 0 Å². The SMILES string of the molecule is Nc1ccccc1S(F)(F)(F)(F)F. The average Bonchev–Trinajstić information content (AvgIpc) is 1.82. The minimum absolute atomic E-state index is 0.275. The molecule has 0 amide bonds. The molecule has 0 aliphatic heterocycles. The Morgan fingerprint density at radius 3 is 1.69 bits per heavy atom. The highest BCUT2D eigenvalue weighted by Gasteiger charge is 2.66. The topological polar surface area (TPSA) is 26.0 Å². The van der Waals surface area contributed by atoms with Crippen molar-refractivity contribution in [1.82, 2.24) is 0 Å². The van der Waals surface area contributed by atoms with Gasteiger partial charge in [0.2, 0.25) is 0 Å². The number of rotatable bonds is 1. The maximum atomic E-state index is 12.1. The van der Waals surface area contributed by atoms with Crippen molar-refractivity contribution in [2.45, 2.75) is 4.90 Å². The van der Waals surface area contributed by atoms with E-state index in [2.05, 4.69) is 0 Å². The van der Waals surface area contributed by atoms with E-state index in [1.807, 2.05) is 0 Å². The molecule has 0 radical (unpaired) electrons. The molecular formula is C6H6F5NS. The molecule has 0 aliphatic carbocycles. The van der Waals surface area contributed by atoms with Gasteiger partial charge in [-0.2, -0.15) is 0 Å². The van der Waals surface area contributed by atoms with Crippen LogP contribution in [0.3, 0.4) is 0 Å². The highest BCUT2D eigenvalue weighted by molar-refractivity contribution is 8.45. The predicted octanol–water partition coefficient (Wildman–Crippen LogP) is 3.93. The molecule has 1 aromatic rings. The third kappa shape index (κ3) is 2.24. The molecule has 0 saturated heterocycles. The van der Waals surface area contributed by atoms with Crippen molar-refractivity contribution >= 4 is 15.9 Å². The average molecular weight is 219 g/mol. The highest BCUT2D eigenvalue weighted by atomic mass is 32.5. The molecule has 2 N–H and O–H groups in total. The fourth-order valence-electron chi connectivity index (χ4n) is 0.832. The first kappa shape index (κ1) is 10.1. The highest BCUT2D eigenvalue weighted by Crippen LogP contribution is 3.02. The van der Waals surface area contributed by atoms with Crippen LogP contribution in [0.2, 0.25) is 0 Å². The molecule has 0 aliphatic rings. The number of nitrogen functional groups attached to an aromatic ring is 1. The molecule has 1 aromatic carbocycles. The van der Waals surface area contributed by atoms with Crippen molar-refractivity contribution in [2.75, 3.05) is 5.73 Å². The second-order valence-corrected chi connectivity index (χ2v) is 4.88. The summed E-state index contributed by atoms with van der Waals surface area (Å²) in [5, 5.41) is 0. The van der Waals surface area contributed by atoms with Gasteiger partial charge in [-0.3, -0.25) is 0 Å². The summed E-state index contributed by atoms with van der Waals surface area (Å²) in [5.41, 5.74) is 3.85. The summed E-state index contributed by atoms with van der Waals surface area (Å²) in [6.07, 6.45) is 0. The lowest BCUT2D eigenvalue weighted by molar-refractivity contribution is 0.365. The summed E-state index contributed by atoms with van der Waals surface area (Å²) < 4.78 is 60.6. The van der Waals surface area contributed by atoms with E-state index >= 15 is 0 Å². The summed E-state index contributed by atoms with van der Waals surface area (Å²) in [4.78, 5) is -2.03. The van der Waals surface area contributed by atoms with E-state index < -0.39 is 20.8 Å². The number of benzene rings is 1. The molecule has 0 saturated carbocycles. The number of halogens is 5. The molecule has 76 valence electrons. The largest absolute Gasteiger partial charge is 0.398 e. The number of hydrogen-bond donors (Lipinski definition) is 1. The van der Waals surface area contributed by atoms with Crippen LogP contribution in [-0.4, -0.2) is 0 Å². The van der Waals surface area contributed by atoms with Crippen molar-refractivity contribution in [2.24, 2.45) is 0 Å².